The maximum Gasteiger partial charge on any atom is 0.179 e. The van der Waals surface area contributed by atoms with Gasteiger partial charge in [0.2, 0.25) is 0 Å². The smallest absolute Gasteiger partial charge is 0.0623 e. The van der Waals surface area contributed by atoms with Crippen molar-refractivity contribution in [2.45, 2.75) is 38.5 Å². The Morgan fingerprint density at radius 2 is 0.595 bits per heavy atom. The molecule has 79 heavy (non-hydrogen) atoms. The molecule has 0 aliphatic heterocycles. The Bertz CT molecular complexity index is 4430. The van der Waals surface area contributed by atoms with E-state index in [-0.39, 0.29) is 10.8 Å². The molecule has 0 heterocycles. The number of benzene rings is 13. The average Bonchev–Trinajstić information content (AvgIpc) is 4.16. The van der Waals surface area contributed by atoms with Gasteiger partial charge in [0.05, 0.1) is 0 Å². The Kier molecular flexibility index (Phi) is 10.7. The van der Waals surface area contributed by atoms with E-state index in [4.69, 9.17) is 0 Å². The summed E-state index contributed by atoms with van der Waals surface area (Å²) < 4.78 is 0. The predicted octanol–water partition coefficient (Wildman–Crippen LogP) is 17.8. The van der Waals surface area contributed by atoms with Crippen LogP contribution in [-0.2, 0) is 10.8 Å². The first kappa shape index (κ1) is 47.1. The molecule has 0 saturated carbocycles. The highest BCUT2D eigenvalue weighted by atomic mass is 28.3. The molecule has 0 aromatic heterocycles. The van der Waals surface area contributed by atoms with Crippen molar-refractivity contribution < 1.29 is 0 Å². The van der Waals surface area contributed by atoms with Crippen LogP contribution < -0.4 is 20.7 Å². The molecular weight excluding hydrogens is 965 g/mol. The Balaban J connectivity index is 0.804. The quantitative estimate of drug-likeness (QED) is 0.0808. The van der Waals surface area contributed by atoms with E-state index in [1.54, 1.807) is 0 Å². The summed E-state index contributed by atoms with van der Waals surface area (Å²) >= 11 is 0. The second kappa shape index (κ2) is 18.0. The number of hydrogen-bond donors (Lipinski definition) is 0. The van der Waals surface area contributed by atoms with Gasteiger partial charge in [-0.05, 0) is 166 Å². The van der Waals surface area contributed by atoms with Crippen LogP contribution in [0.1, 0.15) is 49.9 Å². The standard InChI is InChI=1S/C78H58Si/c1-77(2)71-47-53(54-39-43-63-65-45-41-60(50-74(65)78(3,4)72(63)48-54)79(57-24-8-5-9-25-57,58-26-10-6-11-27-58)59-28-12-7-13-29-59)38-42-62(71)64-44-40-56(49-73(64)77)75-67-32-18-20-34-69(67)76(70-35-21-19-33-68(70)75)66-31-17-16-30-61(66)55-37-36-51-22-14-15-23-52(51)46-55/h5-50H,1-4H3. The third-order valence-corrected chi connectivity index (χ3v) is 23.0. The molecule has 0 radical (unpaired) electrons. The highest BCUT2D eigenvalue weighted by molar-refractivity contribution is 7.19. The molecule has 0 fully saturated rings. The molecule has 0 unspecified atom stereocenters. The van der Waals surface area contributed by atoms with Crippen LogP contribution >= 0.6 is 0 Å². The molecule has 2 aliphatic carbocycles. The van der Waals surface area contributed by atoms with Crippen molar-refractivity contribution in [2.75, 3.05) is 0 Å². The van der Waals surface area contributed by atoms with Gasteiger partial charge in [-0.3, -0.25) is 0 Å². The van der Waals surface area contributed by atoms with Gasteiger partial charge in [-0.25, -0.2) is 0 Å². The molecule has 2 aliphatic rings. The maximum absolute atomic E-state index is 2.71. The Labute approximate surface area is 465 Å². The van der Waals surface area contributed by atoms with Gasteiger partial charge in [-0.1, -0.05) is 282 Å². The summed E-state index contributed by atoms with van der Waals surface area (Å²) in [6, 6.07) is 106. The molecule has 0 N–H and O–H groups in total. The second-order valence-corrected chi connectivity index (χ2v) is 26.9. The van der Waals surface area contributed by atoms with Gasteiger partial charge in [-0.15, -0.1) is 0 Å². The van der Waals surface area contributed by atoms with Gasteiger partial charge in [0, 0.05) is 10.8 Å². The van der Waals surface area contributed by atoms with E-state index in [0.717, 1.165) is 0 Å². The van der Waals surface area contributed by atoms with Crippen molar-refractivity contribution in [3.8, 4) is 66.8 Å². The van der Waals surface area contributed by atoms with Crippen LogP contribution in [0, 0.1) is 0 Å². The van der Waals surface area contributed by atoms with Crippen molar-refractivity contribution in [3.05, 3.63) is 301 Å². The van der Waals surface area contributed by atoms with Crippen LogP contribution in [-0.4, -0.2) is 8.07 Å². The van der Waals surface area contributed by atoms with Crippen LogP contribution in [0.3, 0.4) is 0 Å². The van der Waals surface area contributed by atoms with Crippen LogP contribution in [0.5, 0.6) is 0 Å². The summed E-state index contributed by atoms with van der Waals surface area (Å²) in [5.41, 5.74) is 20.5. The van der Waals surface area contributed by atoms with E-state index >= 15 is 0 Å². The maximum atomic E-state index is 2.59. The first-order valence-corrected chi connectivity index (χ1v) is 30.0. The van der Waals surface area contributed by atoms with E-state index in [1.807, 2.05) is 0 Å². The van der Waals surface area contributed by atoms with Gasteiger partial charge >= 0.3 is 0 Å². The first-order valence-electron chi connectivity index (χ1n) is 28.0. The normalized spacial score (nSPS) is 13.8. The lowest BCUT2D eigenvalue weighted by Gasteiger charge is -2.35. The highest BCUT2D eigenvalue weighted by Gasteiger charge is 2.44. The number of fused-ring (bicyclic) bond motifs is 9. The van der Waals surface area contributed by atoms with Gasteiger partial charge in [0.15, 0.2) is 8.07 Å². The molecule has 374 valence electrons. The van der Waals surface area contributed by atoms with Gasteiger partial charge in [0.1, 0.15) is 0 Å². The minimum Gasteiger partial charge on any atom is -0.0623 e. The van der Waals surface area contributed by atoms with Crippen LogP contribution in [0.25, 0.3) is 99.1 Å². The molecule has 0 saturated heterocycles. The predicted molar refractivity (Wildman–Crippen MR) is 339 cm³/mol. The van der Waals surface area contributed by atoms with Crippen molar-refractivity contribution in [1.29, 1.82) is 0 Å². The van der Waals surface area contributed by atoms with Crippen molar-refractivity contribution in [3.63, 3.8) is 0 Å². The largest absolute Gasteiger partial charge is 0.179 e. The molecule has 0 amide bonds. The fraction of sp³-hybridized carbons (Fsp3) is 0.0769. The Morgan fingerprint density at radius 1 is 0.228 bits per heavy atom. The minimum absolute atomic E-state index is 0.212. The molecule has 13 aromatic carbocycles. The van der Waals surface area contributed by atoms with E-state index < -0.39 is 8.07 Å². The monoisotopic (exact) mass is 1020 g/mol. The van der Waals surface area contributed by atoms with E-state index in [9.17, 15) is 0 Å². The molecule has 1 heteroatoms. The second-order valence-electron chi connectivity index (χ2n) is 23.1. The number of hydrogen-bond acceptors (Lipinski definition) is 0. The zero-order chi connectivity index (χ0) is 53.0. The van der Waals surface area contributed by atoms with Crippen molar-refractivity contribution >= 4 is 61.1 Å². The van der Waals surface area contributed by atoms with Gasteiger partial charge in [0.25, 0.3) is 0 Å². The third-order valence-electron chi connectivity index (χ3n) is 18.2. The summed E-state index contributed by atoms with van der Waals surface area (Å²) in [5, 5.41) is 13.2. The first-order chi connectivity index (χ1) is 38.7. The molecule has 13 aromatic rings. The van der Waals surface area contributed by atoms with Crippen molar-refractivity contribution in [2.24, 2.45) is 0 Å². The summed E-state index contributed by atoms with van der Waals surface area (Å²) in [4.78, 5) is 0. The summed E-state index contributed by atoms with van der Waals surface area (Å²) in [5.74, 6) is 0. The fourth-order valence-corrected chi connectivity index (χ4v) is 19.1. The van der Waals surface area contributed by atoms with E-state index in [1.165, 1.54) is 142 Å². The van der Waals surface area contributed by atoms with Crippen LogP contribution in [0.4, 0.5) is 0 Å². The van der Waals surface area contributed by atoms with Crippen LogP contribution in [0.15, 0.2) is 279 Å². The lowest BCUT2D eigenvalue weighted by Crippen LogP contribution is -2.74. The Morgan fingerprint density at radius 3 is 1.10 bits per heavy atom. The molecular formula is C78H58Si. The fourth-order valence-electron chi connectivity index (χ4n) is 14.3. The summed E-state index contributed by atoms with van der Waals surface area (Å²) in [7, 11) is -2.71. The lowest BCUT2D eigenvalue weighted by molar-refractivity contribution is 0.660. The number of rotatable bonds is 8. The van der Waals surface area contributed by atoms with E-state index in [0.29, 0.717) is 0 Å². The third kappa shape index (κ3) is 7.12. The Hall–Kier alpha value is -9.14. The highest BCUT2D eigenvalue weighted by Crippen LogP contribution is 2.54. The zero-order valence-electron chi connectivity index (χ0n) is 45.1. The van der Waals surface area contributed by atoms with Gasteiger partial charge < -0.3 is 0 Å². The lowest BCUT2D eigenvalue weighted by atomic mass is 9.79. The molecule has 0 nitrogen and oxygen atoms in total. The van der Waals surface area contributed by atoms with E-state index in [2.05, 4.69) is 307 Å². The minimum atomic E-state index is -2.71. The molecule has 15 rings (SSSR count). The van der Waals surface area contributed by atoms with Crippen LogP contribution in [0.2, 0.25) is 0 Å². The summed E-state index contributed by atoms with van der Waals surface area (Å²) in [6.45, 7) is 9.73. The summed E-state index contributed by atoms with van der Waals surface area (Å²) in [6.07, 6.45) is 0. The topological polar surface area (TPSA) is 0 Å². The SMILES string of the molecule is CC1(C)c2cc(-c3ccc4c(c3)C(C)(C)c3cc([Si](c5ccccc5)(c5ccccc5)c5ccccc5)ccc3-4)ccc2-c2ccc(-c3c4ccccc4c(-c4ccccc4-c4ccc5ccccc5c4)c4ccccc34)cc21. The van der Waals surface area contributed by atoms with Gasteiger partial charge in [-0.2, -0.15) is 0 Å². The zero-order valence-corrected chi connectivity index (χ0v) is 46.1. The molecule has 0 atom stereocenters. The molecule has 0 spiro atoms. The average molecular weight is 1020 g/mol. The molecule has 0 bridgehead atoms. The van der Waals surface area contributed by atoms with Crippen molar-refractivity contribution in [1.82, 2.24) is 0 Å².